The first-order valence-electron chi connectivity index (χ1n) is 8.50. The number of amides is 2. The summed E-state index contributed by atoms with van der Waals surface area (Å²) in [5.74, 6) is 0.175. The minimum absolute atomic E-state index is 0. The molecule has 0 bridgehead atoms. The molecule has 0 aromatic heterocycles. The normalized spacial score (nSPS) is 10.3. The third-order valence-corrected chi connectivity index (χ3v) is 3.55. The molecule has 2 amide bonds. The Hall–Kier alpha value is -1.79. The molecule has 7 heteroatoms. The molecule has 0 aliphatic heterocycles. The van der Waals surface area contributed by atoms with Gasteiger partial charge in [-0.2, -0.15) is 0 Å². The van der Waals surface area contributed by atoms with Crippen LogP contribution < -0.4 is 10.6 Å². The molecule has 0 spiro atoms. The zero-order chi connectivity index (χ0) is 17.9. The van der Waals surface area contributed by atoms with Crippen LogP contribution in [0, 0.1) is 5.92 Å². The lowest BCUT2D eigenvalue weighted by molar-refractivity contribution is 0.0949. The molecule has 0 saturated carbocycles. The summed E-state index contributed by atoms with van der Waals surface area (Å²) < 4.78 is 5.05. The van der Waals surface area contributed by atoms with Gasteiger partial charge in [-0.05, 0) is 43.3 Å². The Kier molecular flexibility index (Phi) is 11.7. The number of carbonyl (C=O) groups is 2. The molecule has 0 aliphatic rings. The van der Waals surface area contributed by atoms with Crippen molar-refractivity contribution in [2.24, 2.45) is 5.92 Å². The molecule has 1 rings (SSSR count). The molecule has 6 nitrogen and oxygen atoms in total. The van der Waals surface area contributed by atoms with Crippen LogP contribution in [0.4, 0.5) is 10.5 Å². The summed E-state index contributed by atoms with van der Waals surface area (Å²) in [6, 6.07) is 6.75. The molecule has 142 valence electrons. The van der Waals surface area contributed by atoms with Crippen molar-refractivity contribution in [2.45, 2.75) is 27.7 Å². The van der Waals surface area contributed by atoms with Gasteiger partial charge in [0.1, 0.15) is 0 Å². The molecule has 1 aromatic carbocycles. The Balaban J connectivity index is 0.00000576. The maximum atomic E-state index is 12.1. The van der Waals surface area contributed by atoms with Gasteiger partial charge in [0.2, 0.25) is 0 Å². The minimum atomic E-state index is -0.486. The fourth-order valence-corrected chi connectivity index (χ4v) is 2.07. The van der Waals surface area contributed by atoms with E-state index < -0.39 is 6.09 Å². The number of rotatable bonds is 9. The van der Waals surface area contributed by atoms with Crippen molar-refractivity contribution in [3.8, 4) is 0 Å². The van der Waals surface area contributed by atoms with Gasteiger partial charge in [0.25, 0.3) is 5.91 Å². The first-order chi connectivity index (χ1) is 11.5. The lowest BCUT2D eigenvalue weighted by Gasteiger charge is -2.18. The first-order valence-corrected chi connectivity index (χ1v) is 8.50. The Morgan fingerprint density at radius 1 is 1.12 bits per heavy atom. The second-order valence-corrected chi connectivity index (χ2v) is 5.98. The third kappa shape index (κ3) is 9.31. The van der Waals surface area contributed by atoms with E-state index in [4.69, 9.17) is 4.74 Å². The van der Waals surface area contributed by atoms with Crippen molar-refractivity contribution in [1.82, 2.24) is 10.2 Å². The maximum Gasteiger partial charge on any atom is 0.411 e. The molecule has 0 aliphatic carbocycles. The van der Waals surface area contributed by atoms with Gasteiger partial charge in [0, 0.05) is 24.3 Å². The summed E-state index contributed by atoms with van der Waals surface area (Å²) in [5.41, 5.74) is 1.17. The zero-order valence-electron chi connectivity index (χ0n) is 15.5. The molecule has 0 unspecified atom stereocenters. The molecular weight excluding hydrogens is 342 g/mol. The van der Waals surface area contributed by atoms with Crippen molar-refractivity contribution in [3.63, 3.8) is 0 Å². The second kappa shape index (κ2) is 12.6. The van der Waals surface area contributed by atoms with Crippen LogP contribution in [0.1, 0.15) is 38.1 Å². The summed E-state index contributed by atoms with van der Waals surface area (Å²) in [4.78, 5) is 25.9. The van der Waals surface area contributed by atoms with E-state index in [2.05, 4.69) is 29.4 Å². The SMILES string of the molecule is CCN(CC)CCNC(=O)c1ccc(NC(=O)OCC(C)C)cc1.Cl. The van der Waals surface area contributed by atoms with Gasteiger partial charge >= 0.3 is 6.09 Å². The number of likely N-dealkylation sites (N-methyl/N-ethyl adjacent to an activating group) is 1. The number of halogens is 1. The molecular formula is C18H30ClN3O3. The molecule has 0 atom stereocenters. The fraction of sp³-hybridized carbons (Fsp3) is 0.556. The molecule has 0 radical (unpaired) electrons. The molecule has 0 heterocycles. The second-order valence-electron chi connectivity index (χ2n) is 5.98. The van der Waals surface area contributed by atoms with Crippen LogP contribution in [-0.4, -0.2) is 49.7 Å². The van der Waals surface area contributed by atoms with Crippen LogP contribution in [0.5, 0.6) is 0 Å². The summed E-state index contributed by atoms with van der Waals surface area (Å²) in [6.07, 6.45) is -0.486. The monoisotopic (exact) mass is 371 g/mol. The number of nitrogens with one attached hydrogen (secondary N) is 2. The van der Waals surface area contributed by atoms with Crippen molar-refractivity contribution in [3.05, 3.63) is 29.8 Å². The number of carbonyl (C=O) groups excluding carboxylic acids is 2. The predicted octanol–water partition coefficient (Wildman–Crippen LogP) is 3.38. The number of anilines is 1. The van der Waals surface area contributed by atoms with E-state index in [0.717, 1.165) is 19.6 Å². The van der Waals surface area contributed by atoms with Crippen LogP contribution in [-0.2, 0) is 4.74 Å². The lowest BCUT2D eigenvalue weighted by Crippen LogP contribution is -2.34. The van der Waals surface area contributed by atoms with E-state index in [0.29, 0.717) is 24.4 Å². The molecule has 2 N–H and O–H groups in total. The highest BCUT2D eigenvalue weighted by Crippen LogP contribution is 2.10. The fourth-order valence-electron chi connectivity index (χ4n) is 2.07. The molecule has 0 fully saturated rings. The lowest BCUT2D eigenvalue weighted by atomic mass is 10.2. The summed E-state index contributed by atoms with van der Waals surface area (Å²) in [7, 11) is 0. The molecule has 0 saturated heterocycles. The van der Waals surface area contributed by atoms with E-state index in [1.165, 1.54) is 0 Å². The van der Waals surface area contributed by atoms with E-state index in [9.17, 15) is 9.59 Å². The smallest absolute Gasteiger partial charge is 0.411 e. The minimum Gasteiger partial charge on any atom is -0.449 e. The van der Waals surface area contributed by atoms with Crippen molar-refractivity contribution >= 4 is 30.1 Å². The van der Waals surface area contributed by atoms with Gasteiger partial charge in [-0.25, -0.2) is 4.79 Å². The Bertz CT molecular complexity index is 517. The highest BCUT2D eigenvalue weighted by atomic mass is 35.5. The number of hydrogen-bond donors (Lipinski definition) is 2. The Morgan fingerprint density at radius 2 is 1.72 bits per heavy atom. The summed E-state index contributed by atoms with van der Waals surface area (Å²) in [5, 5.41) is 5.54. The number of nitrogens with zero attached hydrogens (tertiary/aromatic N) is 1. The van der Waals surface area contributed by atoms with E-state index in [-0.39, 0.29) is 24.2 Å². The molecule has 25 heavy (non-hydrogen) atoms. The number of ether oxygens (including phenoxy) is 1. The van der Waals surface area contributed by atoms with Crippen molar-refractivity contribution in [2.75, 3.05) is 38.1 Å². The van der Waals surface area contributed by atoms with Crippen LogP contribution in [0.3, 0.4) is 0 Å². The number of hydrogen-bond acceptors (Lipinski definition) is 4. The van der Waals surface area contributed by atoms with Crippen molar-refractivity contribution in [1.29, 1.82) is 0 Å². The Morgan fingerprint density at radius 3 is 2.24 bits per heavy atom. The zero-order valence-corrected chi connectivity index (χ0v) is 16.3. The van der Waals surface area contributed by atoms with Gasteiger partial charge in [0.05, 0.1) is 6.61 Å². The summed E-state index contributed by atoms with van der Waals surface area (Å²) >= 11 is 0. The largest absolute Gasteiger partial charge is 0.449 e. The van der Waals surface area contributed by atoms with Gasteiger partial charge in [-0.15, -0.1) is 12.4 Å². The van der Waals surface area contributed by atoms with Gasteiger partial charge in [-0.1, -0.05) is 27.7 Å². The number of benzene rings is 1. The summed E-state index contributed by atoms with van der Waals surface area (Å²) in [6.45, 7) is 11.9. The molecule has 1 aromatic rings. The van der Waals surface area contributed by atoms with Gasteiger partial charge in [-0.3, -0.25) is 10.1 Å². The van der Waals surface area contributed by atoms with Gasteiger partial charge in [0.15, 0.2) is 0 Å². The van der Waals surface area contributed by atoms with Gasteiger partial charge < -0.3 is 15.0 Å². The van der Waals surface area contributed by atoms with Crippen molar-refractivity contribution < 1.29 is 14.3 Å². The van der Waals surface area contributed by atoms with E-state index in [1.54, 1.807) is 24.3 Å². The highest BCUT2D eigenvalue weighted by Gasteiger charge is 2.08. The predicted molar refractivity (Wildman–Crippen MR) is 104 cm³/mol. The maximum absolute atomic E-state index is 12.1. The third-order valence-electron chi connectivity index (χ3n) is 3.55. The van der Waals surface area contributed by atoms with E-state index in [1.807, 2.05) is 13.8 Å². The van der Waals surface area contributed by atoms with E-state index >= 15 is 0 Å². The van der Waals surface area contributed by atoms with Crippen LogP contribution >= 0.6 is 12.4 Å². The van der Waals surface area contributed by atoms with Crippen LogP contribution in [0.2, 0.25) is 0 Å². The first kappa shape index (κ1) is 23.2. The highest BCUT2D eigenvalue weighted by molar-refractivity contribution is 5.95. The quantitative estimate of drug-likeness (QED) is 0.698. The van der Waals surface area contributed by atoms with Crippen LogP contribution in [0.15, 0.2) is 24.3 Å². The standard InChI is InChI=1S/C18H29N3O3.ClH/c1-5-21(6-2)12-11-19-17(22)15-7-9-16(10-8-15)20-18(23)24-13-14(3)4;/h7-10,14H,5-6,11-13H2,1-4H3,(H,19,22)(H,20,23);1H. The topological polar surface area (TPSA) is 70.7 Å². The Labute approximate surface area is 156 Å². The average molecular weight is 372 g/mol. The average Bonchev–Trinajstić information content (AvgIpc) is 2.57. The van der Waals surface area contributed by atoms with Crippen LogP contribution in [0.25, 0.3) is 0 Å².